The fourth-order valence-electron chi connectivity index (χ4n) is 2.01. The summed E-state index contributed by atoms with van der Waals surface area (Å²) >= 11 is 0. The normalized spacial score (nSPS) is 13.3. The molecule has 0 saturated heterocycles. The average Bonchev–Trinajstić information content (AvgIpc) is 2.61. The van der Waals surface area contributed by atoms with Gasteiger partial charge in [0, 0.05) is 11.6 Å². The van der Waals surface area contributed by atoms with Gasteiger partial charge in [-0.15, -0.1) is 0 Å². The molecule has 0 fully saturated rings. The number of ether oxygens (including phenoxy) is 1. The minimum absolute atomic E-state index is 0.00438. The predicted octanol–water partition coefficient (Wildman–Crippen LogP) is 1.46. The second-order valence-electron chi connectivity index (χ2n) is 5.08. The van der Waals surface area contributed by atoms with Crippen LogP contribution in [0.3, 0.4) is 0 Å². The number of hydrogen-bond donors (Lipinski definition) is 3. The van der Waals surface area contributed by atoms with Crippen molar-refractivity contribution in [2.75, 3.05) is 11.8 Å². The van der Waals surface area contributed by atoms with Crippen LogP contribution in [0.1, 0.15) is 23.2 Å². The van der Waals surface area contributed by atoms with Crippen LogP contribution in [-0.2, 0) is 16.6 Å². The zero-order valence-electron chi connectivity index (χ0n) is 13.5. The molecular formula is C14H13F4N3O5S. The molecule has 8 nitrogen and oxygen atoms in total. The molecule has 1 unspecified atom stereocenters. The maximum absolute atomic E-state index is 14.0. The molecule has 0 saturated carbocycles. The number of rotatable bonds is 6. The van der Waals surface area contributed by atoms with Gasteiger partial charge in [-0.1, -0.05) is 12.1 Å². The molecule has 1 aromatic heterocycles. The molecule has 3 N–H and O–H groups in total. The van der Waals surface area contributed by atoms with E-state index in [4.69, 9.17) is 4.74 Å². The number of aliphatic hydroxyl groups is 2. The monoisotopic (exact) mass is 411 g/mol. The summed E-state index contributed by atoms with van der Waals surface area (Å²) < 4.78 is 80.4. The van der Waals surface area contributed by atoms with Crippen molar-refractivity contribution < 1.29 is 40.9 Å². The number of aromatic nitrogens is 2. The summed E-state index contributed by atoms with van der Waals surface area (Å²) in [6.07, 6.45) is -1.92. The first-order valence-corrected chi connectivity index (χ1v) is 8.56. The van der Waals surface area contributed by atoms with Crippen LogP contribution in [0.25, 0.3) is 0 Å². The molecule has 2 aromatic rings. The number of benzene rings is 1. The fraction of sp³-hybridized carbons (Fsp3) is 0.286. The Kier molecular flexibility index (Phi) is 5.87. The van der Waals surface area contributed by atoms with Crippen molar-refractivity contribution in [3.05, 3.63) is 47.2 Å². The Morgan fingerprint density at radius 1 is 1.30 bits per heavy atom. The fourth-order valence-corrected chi connectivity index (χ4v) is 2.61. The van der Waals surface area contributed by atoms with E-state index in [0.29, 0.717) is 6.07 Å². The summed E-state index contributed by atoms with van der Waals surface area (Å²) in [7, 11) is -4.72. The number of anilines is 1. The Hall–Kier alpha value is -2.51. The van der Waals surface area contributed by atoms with Crippen LogP contribution >= 0.6 is 0 Å². The highest BCUT2D eigenvalue weighted by Crippen LogP contribution is 2.33. The van der Waals surface area contributed by atoms with Crippen LogP contribution in [0.2, 0.25) is 0 Å². The lowest BCUT2D eigenvalue weighted by Crippen LogP contribution is -2.31. The van der Waals surface area contributed by atoms with Crippen LogP contribution in [-0.4, -0.2) is 41.2 Å². The second-order valence-corrected chi connectivity index (χ2v) is 6.75. The van der Waals surface area contributed by atoms with Gasteiger partial charge < -0.3 is 14.9 Å². The molecule has 0 amide bonds. The molecular weight excluding hydrogens is 398 g/mol. The molecule has 0 aliphatic rings. The zero-order valence-corrected chi connectivity index (χ0v) is 14.3. The van der Waals surface area contributed by atoms with E-state index in [1.54, 1.807) is 0 Å². The van der Waals surface area contributed by atoms with Gasteiger partial charge in [-0.3, -0.25) is 4.72 Å². The topological polar surface area (TPSA) is 122 Å². The van der Waals surface area contributed by atoms with Crippen LogP contribution in [0.4, 0.5) is 23.2 Å². The third-order valence-electron chi connectivity index (χ3n) is 3.27. The molecule has 1 aromatic carbocycles. The van der Waals surface area contributed by atoms with E-state index in [1.165, 1.54) is 13.2 Å². The van der Waals surface area contributed by atoms with E-state index in [1.807, 2.05) is 0 Å². The molecule has 0 aliphatic carbocycles. The summed E-state index contributed by atoms with van der Waals surface area (Å²) in [5, 5.41) is 19.6. The van der Waals surface area contributed by atoms with Gasteiger partial charge in [0.1, 0.15) is 11.9 Å². The summed E-state index contributed by atoms with van der Waals surface area (Å²) in [6.45, 7) is -0.574. The Bertz CT molecular complexity index is 915. The van der Waals surface area contributed by atoms with Crippen molar-refractivity contribution in [3.63, 3.8) is 0 Å². The molecule has 1 heterocycles. The first-order chi connectivity index (χ1) is 12.5. The smallest absolute Gasteiger partial charge is 0.481 e. The number of nitrogens with zero attached hydrogens (tertiary/aromatic N) is 2. The molecule has 0 bridgehead atoms. The number of sulfonamides is 1. The van der Waals surface area contributed by atoms with Gasteiger partial charge in [0.2, 0.25) is 5.88 Å². The standard InChI is InChI=1S/C14H13F4N3O5S/c1-26-10-5-7(6-22)19-13(20-10)12(23)8-3-2-4-9(15)11(8)21-27(24,25)14(16,17)18/h2-5,12,21-23H,6H2,1H3. The van der Waals surface area contributed by atoms with E-state index in [0.717, 1.165) is 16.9 Å². The van der Waals surface area contributed by atoms with E-state index < -0.39 is 51.1 Å². The van der Waals surface area contributed by atoms with Gasteiger partial charge in [0.15, 0.2) is 5.82 Å². The lowest BCUT2D eigenvalue weighted by molar-refractivity contribution is -0.0429. The van der Waals surface area contributed by atoms with Gasteiger partial charge in [0.25, 0.3) is 0 Å². The van der Waals surface area contributed by atoms with Crippen molar-refractivity contribution in [1.82, 2.24) is 9.97 Å². The number of methoxy groups -OCH3 is 1. The van der Waals surface area contributed by atoms with Crippen LogP contribution < -0.4 is 9.46 Å². The van der Waals surface area contributed by atoms with E-state index in [2.05, 4.69) is 9.97 Å². The van der Waals surface area contributed by atoms with Crippen LogP contribution in [0.15, 0.2) is 24.3 Å². The Balaban J connectivity index is 2.55. The molecule has 13 heteroatoms. The Morgan fingerprint density at radius 2 is 1.96 bits per heavy atom. The quantitative estimate of drug-likeness (QED) is 0.615. The van der Waals surface area contributed by atoms with Gasteiger partial charge >= 0.3 is 15.5 Å². The number of halogens is 4. The average molecular weight is 411 g/mol. The van der Waals surface area contributed by atoms with Crippen molar-refractivity contribution >= 4 is 15.7 Å². The Morgan fingerprint density at radius 3 is 2.52 bits per heavy atom. The highest BCUT2D eigenvalue weighted by molar-refractivity contribution is 7.93. The molecule has 2 rings (SSSR count). The number of para-hydroxylation sites is 1. The second kappa shape index (κ2) is 7.62. The molecule has 0 aliphatic heterocycles. The lowest BCUT2D eigenvalue weighted by Gasteiger charge is -2.18. The summed E-state index contributed by atoms with van der Waals surface area (Å²) in [5.41, 5.74) is -7.38. The summed E-state index contributed by atoms with van der Waals surface area (Å²) in [5.74, 6) is -1.89. The number of alkyl halides is 3. The van der Waals surface area contributed by atoms with Gasteiger partial charge in [-0.25, -0.2) is 9.37 Å². The summed E-state index contributed by atoms with van der Waals surface area (Å²) in [4.78, 5) is 7.55. The molecule has 148 valence electrons. The highest BCUT2D eigenvalue weighted by atomic mass is 32.2. The number of nitrogens with one attached hydrogen (secondary N) is 1. The first kappa shape index (κ1) is 20.8. The Labute approximate surface area is 150 Å². The van der Waals surface area contributed by atoms with Gasteiger partial charge in [-0.2, -0.15) is 26.6 Å². The first-order valence-electron chi connectivity index (χ1n) is 7.08. The van der Waals surface area contributed by atoms with Gasteiger partial charge in [-0.05, 0) is 6.07 Å². The van der Waals surface area contributed by atoms with Crippen molar-refractivity contribution in [2.24, 2.45) is 0 Å². The maximum atomic E-state index is 14.0. The van der Waals surface area contributed by atoms with E-state index >= 15 is 0 Å². The van der Waals surface area contributed by atoms with Crippen molar-refractivity contribution in [3.8, 4) is 5.88 Å². The molecule has 27 heavy (non-hydrogen) atoms. The van der Waals surface area contributed by atoms with Crippen LogP contribution in [0.5, 0.6) is 5.88 Å². The van der Waals surface area contributed by atoms with E-state index in [9.17, 15) is 36.2 Å². The SMILES string of the molecule is COc1cc(CO)nc(C(O)c2cccc(F)c2NS(=O)(=O)C(F)(F)F)n1. The van der Waals surface area contributed by atoms with Crippen molar-refractivity contribution in [2.45, 2.75) is 18.2 Å². The van der Waals surface area contributed by atoms with Gasteiger partial charge in [0.05, 0.1) is 25.1 Å². The minimum atomic E-state index is -5.94. The van der Waals surface area contributed by atoms with Crippen molar-refractivity contribution in [1.29, 1.82) is 0 Å². The molecule has 0 radical (unpaired) electrons. The predicted molar refractivity (Wildman–Crippen MR) is 83.6 cm³/mol. The number of hydrogen-bond acceptors (Lipinski definition) is 7. The third kappa shape index (κ3) is 4.43. The maximum Gasteiger partial charge on any atom is 0.516 e. The zero-order chi connectivity index (χ0) is 20.4. The van der Waals surface area contributed by atoms with E-state index in [-0.39, 0.29) is 11.6 Å². The molecule has 1 atom stereocenters. The lowest BCUT2D eigenvalue weighted by atomic mass is 10.1. The number of aliphatic hydroxyl groups excluding tert-OH is 2. The largest absolute Gasteiger partial charge is 0.516 e. The summed E-state index contributed by atoms with van der Waals surface area (Å²) in [6, 6.07) is 3.97. The minimum Gasteiger partial charge on any atom is -0.481 e. The molecule has 0 spiro atoms. The van der Waals surface area contributed by atoms with Crippen LogP contribution in [0, 0.1) is 5.82 Å². The third-order valence-corrected chi connectivity index (χ3v) is 4.35. The highest BCUT2D eigenvalue weighted by Gasteiger charge is 2.46.